The number of amides is 1. The lowest BCUT2D eigenvalue weighted by Gasteiger charge is -2.37. The van der Waals surface area contributed by atoms with Crippen molar-refractivity contribution in [2.24, 2.45) is 0 Å². The van der Waals surface area contributed by atoms with Gasteiger partial charge in [0.05, 0.1) is 5.69 Å². The van der Waals surface area contributed by atoms with E-state index in [1.807, 2.05) is 23.2 Å². The summed E-state index contributed by atoms with van der Waals surface area (Å²) >= 11 is 0. The number of hydrogen-bond donors (Lipinski definition) is 0. The molecule has 1 aromatic heterocycles. The first kappa shape index (κ1) is 14.0. The Bertz CT molecular complexity index is 399. The molecule has 1 aromatic rings. The zero-order valence-electron chi connectivity index (χ0n) is 11.9. The second-order valence-electron chi connectivity index (χ2n) is 5.10. The lowest BCUT2D eigenvalue weighted by atomic mass is 10.1. The van der Waals surface area contributed by atoms with Crippen molar-refractivity contribution in [3.05, 3.63) is 30.1 Å². The Morgan fingerprint density at radius 3 is 2.63 bits per heavy atom. The van der Waals surface area contributed by atoms with Gasteiger partial charge in [-0.25, -0.2) is 0 Å². The second-order valence-corrected chi connectivity index (χ2v) is 5.10. The van der Waals surface area contributed by atoms with Crippen molar-refractivity contribution in [3.8, 4) is 0 Å². The monoisotopic (exact) mass is 261 g/mol. The van der Waals surface area contributed by atoms with Crippen molar-refractivity contribution in [2.75, 3.05) is 26.2 Å². The average Bonchev–Trinajstić information content (AvgIpc) is 2.48. The third kappa shape index (κ3) is 3.53. The van der Waals surface area contributed by atoms with Crippen molar-refractivity contribution in [3.63, 3.8) is 0 Å². The minimum atomic E-state index is 0.299. The van der Waals surface area contributed by atoms with Gasteiger partial charge in [0.25, 0.3) is 0 Å². The molecule has 1 atom stereocenters. The quantitative estimate of drug-likeness (QED) is 0.832. The van der Waals surface area contributed by atoms with Crippen LogP contribution in [-0.4, -0.2) is 46.9 Å². The maximum absolute atomic E-state index is 11.8. The lowest BCUT2D eigenvalue weighted by Crippen LogP contribution is -2.49. The summed E-state index contributed by atoms with van der Waals surface area (Å²) in [6.45, 7) is 7.80. The minimum Gasteiger partial charge on any atom is -0.340 e. The first-order valence-electron chi connectivity index (χ1n) is 7.15. The fourth-order valence-corrected chi connectivity index (χ4v) is 2.54. The molecule has 104 valence electrons. The number of piperazine rings is 1. The van der Waals surface area contributed by atoms with Gasteiger partial charge in [-0.2, -0.15) is 0 Å². The highest BCUT2D eigenvalue weighted by Crippen LogP contribution is 2.19. The number of pyridine rings is 1. The summed E-state index contributed by atoms with van der Waals surface area (Å²) in [6.07, 6.45) is 3.45. The van der Waals surface area contributed by atoms with Crippen LogP contribution in [-0.2, 0) is 4.79 Å². The third-order valence-electron chi connectivity index (χ3n) is 3.79. The number of rotatable bonds is 4. The molecular weight excluding hydrogens is 238 g/mol. The van der Waals surface area contributed by atoms with E-state index in [2.05, 4.69) is 29.8 Å². The van der Waals surface area contributed by atoms with Gasteiger partial charge >= 0.3 is 0 Å². The molecule has 1 saturated heterocycles. The van der Waals surface area contributed by atoms with Crippen LogP contribution in [0, 0.1) is 0 Å². The van der Waals surface area contributed by atoms with Crippen molar-refractivity contribution in [2.45, 2.75) is 32.7 Å². The molecule has 0 radical (unpaired) electrons. The minimum absolute atomic E-state index is 0.299. The zero-order chi connectivity index (χ0) is 13.7. The van der Waals surface area contributed by atoms with Crippen LogP contribution in [0.2, 0.25) is 0 Å². The van der Waals surface area contributed by atoms with Crippen molar-refractivity contribution in [1.29, 1.82) is 0 Å². The van der Waals surface area contributed by atoms with Crippen LogP contribution in [0.4, 0.5) is 0 Å². The molecule has 1 fully saturated rings. The summed E-state index contributed by atoms with van der Waals surface area (Å²) in [5.74, 6) is 0.299. The van der Waals surface area contributed by atoms with Gasteiger partial charge in [0, 0.05) is 44.8 Å². The van der Waals surface area contributed by atoms with Gasteiger partial charge in [0.15, 0.2) is 0 Å². The SMILES string of the molecule is CCCC(=O)N1CCN(C(C)c2ccccn2)CC1. The van der Waals surface area contributed by atoms with Crippen LogP contribution in [0.15, 0.2) is 24.4 Å². The van der Waals surface area contributed by atoms with Gasteiger partial charge in [-0.3, -0.25) is 14.7 Å². The molecule has 1 aliphatic heterocycles. The summed E-state index contributed by atoms with van der Waals surface area (Å²) in [5.41, 5.74) is 1.11. The lowest BCUT2D eigenvalue weighted by molar-refractivity contribution is -0.133. The van der Waals surface area contributed by atoms with Crippen LogP contribution < -0.4 is 0 Å². The second kappa shape index (κ2) is 6.66. The number of carbonyl (C=O) groups excluding carboxylic acids is 1. The van der Waals surface area contributed by atoms with E-state index in [0.717, 1.165) is 38.3 Å². The molecule has 0 aromatic carbocycles. The van der Waals surface area contributed by atoms with Crippen molar-refractivity contribution >= 4 is 5.91 Å². The molecule has 1 amide bonds. The zero-order valence-corrected chi connectivity index (χ0v) is 11.9. The maximum Gasteiger partial charge on any atom is 0.222 e. The normalized spacial score (nSPS) is 18.3. The standard InChI is InChI=1S/C15H23N3O/c1-3-6-15(19)18-11-9-17(10-12-18)13(2)14-7-4-5-8-16-14/h4-5,7-8,13H,3,6,9-12H2,1-2H3. The van der Waals surface area contributed by atoms with Gasteiger partial charge in [0.2, 0.25) is 5.91 Å². The fourth-order valence-electron chi connectivity index (χ4n) is 2.54. The highest BCUT2D eigenvalue weighted by Gasteiger charge is 2.24. The third-order valence-corrected chi connectivity index (χ3v) is 3.79. The number of carbonyl (C=O) groups is 1. The van der Waals surface area contributed by atoms with Crippen LogP contribution in [0.3, 0.4) is 0 Å². The van der Waals surface area contributed by atoms with Crippen LogP contribution in [0.25, 0.3) is 0 Å². The molecular formula is C15H23N3O. The largest absolute Gasteiger partial charge is 0.340 e. The van der Waals surface area contributed by atoms with E-state index >= 15 is 0 Å². The fraction of sp³-hybridized carbons (Fsp3) is 0.600. The van der Waals surface area contributed by atoms with E-state index in [1.165, 1.54) is 0 Å². The van der Waals surface area contributed by atoms with E-state index in [0.29, 0.717) is 18.4 Å². The summed E-state index contributed by atoms with van der Waals surface area (Å²) in [7, 11) is 0. The molecule has 0 aliphatic carbocycles. The molecule has 0 saturated carbocycles. The van der Waals surface area contributed by atoms with E-state index in [4.69, 9.17) is 0 Å². The first-order chi connectivity index (χ1) is 9.22. The van der Waals surface area contributed by atoms with Crippen LogP contribution in [0.5, 0.6) is 0 Å². The molecule has 0 N–H and O–H groups in total. The Balaban J connectivity index is 1.88. The highest BCUT2D eigenvalue weighted by molar-refractivity contribution is 5.76. The van der Waals surface area contributed by atoms with Crippen molar-refractivity contribution < 1.29 is 4.79 Å². The predicted molar refractivity (Wildman–Crippen MR) is 75.7 cm³/mol. The predicted octanol–water partition coefficient (Wildman–Crippen LogP) is 2.09. The molecule has 2 heterocycles. The van der Waals surface area contributed by atoms with Crippen LogP contribution >= 0.6 is 0 Å². The molecule has 0 bridgehead atoms. The van der Waals surface area contributed by atoms with Gasteiger partial charge in [0.1, 0.15) is 0 Å². The maximum atomic E-state index is 11.8. The van der Waals surface area contributed by atoms with Crippen molar-refractivity contribution in [1.82, 2.24) is 14.8 Å². The number of aromatic nitrogens is 1. The molecule has 2 rings (SSSR count). The molecule has 19 heavy (non-hydrogen) atoms. The van der Waals surface area contributed by atoms with E-state index in [9.17, 15) is 4.79 Å². The summed E-state index contributed by atoms with van der Waals surface area (Å²) in [6, 6.07) is 6.36. The van der Waals surface area contributed by atoms with E-state index in [1.54, 1.807) is 0 Å². The Labute approximate surface area is 115 Å². The number of nitrogens with zero attached hydrogens (tertiary/aromatic N) is 3. The molecule has 1 unspecified atom stereocenters. The Kier molecular flexibility index (Phi) is 4.91. The molecule has 4 heteroatoms. The summed E-state index contributed by atoms with van der Waals surface area (Å²) in [4.78, 5) is 20.6. The summed E-state index contributed by atoms with van der Waals surface area (Å²) < 4.78 is 0. The van der Waals surface area contributed by atoms with Gasteiger partial charge in [-0.15, -0.1) is 0 Å². The highest BCUT2D eigenvalue weighted by atomic mass is 16.2. The van der Waals surface area contributed by atoms with Crippen LogP contribution in [0.1, 0.15) is 38.4 Å². The molecule has 0 spiro atoms. The summed E-state index contributed by atoms with van der Waals surface area (Å²) in [5, 5.41) is 0. The number of hydrogen-bond acceptors (Lipinski definition) is 3. The Morgan fingerprint density at radius 1 is 1.32 bits per heavy atom. The first-order valence-corrected chi connectivity index (χ1v) is 7.15. The molecule has 4 nitrogen and oxygen atoms in total. The van der Waals surface area contributed by atoms with E-state index < -0.39 is 0 Å². The van der Waals surface area contributed by atoms with Gasteiger partial charge < -0.3 is 4.90 Å². The molecule has 1 aliphatic rings. The Hall–Kier alpha value is -1.42. The Morgan fingerprint density at radius 2 is 2.05 bits per heavy atom. The van der Waals surface area contributed by atoms with Gasteiger partial charge in [-0.1, -0.05) is 13.0 Å². The topological polar surface area (TPSA) is 36.4 Å². The van der Waals surface area contributed by atoms with E-state index in [-0.39, 0.29) is 0 Å². The smallest absolute Gasteiger partial charge is 0.222 e. The average molecular weight is 261 g/mol. The van der Waals surface area contributed by atoms with Gasteiger partial charge in [-0.05, 0) is 25.5 Å².